The quantitative estimate of drug-likeness (QED) is 0.684. The number of thioether (sulfide) groups is 1. The Labute approximate surface area is 101 Å². The Morgan fingerprint density at radius 2 is 1.82 bits per heavy atom. The summed E-state index contributed by atoms with van der Waals surface area (Å²) < 4.78 is 0. The van der Waals surface area contributed by atoms with E-state index in [1.54, 1.807) is 12.1 Å². The van der Waals surface area contributed by atoms with E-state index >= 15 is 0 Å². The molecule has 0 unspecified atom stereocenters. The smallest absolute Gasteiger partial charge is 0.335 e. The summed E-state index contributed by atoms with van der Waals surface area (Å²) in [6.07, 6.45) is 0. The standard InChI is InChI=1S/C10H10N2O4S/c11-10(16)12-8(13)5-17-7-3-1-6(2-4-7)9(14)15/h1-4H,5H2,(H,14,15)(H3,11,12,13,16). The second-order valence-electron chi connectivity index (χ2n) is 3.03. The average Bonchev–Trinajstić information content (AvgIpc) is 2.26. The number of imide groups is 1. The molecule has 0 radical (unpaired) electrons. The van der Waals surface area contributed by atoms with Crippen LogP contribution in [0.25, 0.3) is 0 Å². The Balaban J connectivity index is 2.50. The molecule has 0 aliphatic carbocycles. The van der Waals surface area contributed by atoms with Crippen molar-refractivity contribution in [3.63, 3.8) is 0 Å². The molecule has 0 aromatic heterocycles. The lowest BCUT2D eigenvalue weighted by atomic mass is 10.2. The summed E-state index contributed by atoms with van der Waals surface area (Å²) in [4.78, 5) is 32.7. The van der Waals surface area contributed by atoms with E-state index in [9.17, 15) is 14.4 Å². The number of carbonyl (C=O) groups excluding carboxylic acids is 2. The minimum Gasteiger partial charge on any atom is -0.478 e. The maximum Gasteiger partial charge on any atom is 0.335 e. The molecule has 0 saturated carbocycles. The molecule has 1 aromatic carbocycles. The summed E-state index contributed by atoms with van der Waals surface area (Å²) in [6, 6.07) is 5.17. The van der Waals surface area contributed by atoms with E-state index in [1.165, 1.54) is 23.9 Å². The van der Waals surface area contributed by atoms with Crippen LogP contribution in [0, 0.1) is 0 Å². The van der Waals surface area contributed by atoms with E-state index in [-0.39, 0.29) is 11.3 Å². The van der Waals surface area contributed by atoms with Crippen LogP contribution in [0.4, 0.5) is 4.79 Å². The number of carbonyl (C=O) groups is 3. The molecule has 0 aliphatic heterocycles. The van der Waals surface area contributed by atoms with Crippen LogP contribution in [0.3, 0.4) is 0 Å². The van der Waals surface area contributed by atoms with Gasteiger partial charge in [0, 0.05) is 4.90 Å². The third-order valence-electron chi connectivity index (χ3n) is 1.73. The number of primary amides is 1. The fraction of sp³-hybridized carbons (Fsp3) is 0.100. The molecule has 0 spiro atoms. The van der Waals surface area contributed by atoms with Crippen molar-refractivity contribution in [2.45, 2.75) is 4.90 Å². The number of rotatable bonds is 4. The van der Waals surface area contributed by atoms with Crippen LogP contribution in [-0.2, 0) is 4.79 Å². The van der Waals surface area contributed by atoms with Crippen LogP contribution in [-0.4, -0.2) is 28.8 Å². The van der Waals surface area contributed by atoms with Crippen LogP contribution < -0.4 is 11.1 Å². The van der Waals surface area contributed by atoms with Crippen molar-refractivity contribution < 1.29 is 19.5 Å². The molecule has 7 heteroatoms. The number of benzene rings is 1. The molecule has 1 rings (SSSR count). The Hall–Kier alpha value is -2.02. The van der Waals surface area contributed by atoms with Crippen molar-refractivity contribution >= 4 is 29.7 Å². The molecule has 6 nitrogen and oxygen atoms in total. The molecular weight excluding hydrogens is 244 g/mol. The van der Waals surface area contributed by atoms with Crippen LogP contribution in [0.5, 0.6) is 0 Å². The van der Waals surface area contributed by atoms with E-state index in [0.717, 1.165) is 4.90 Å². The lowest BCUT2D eigenvalue weighted by molar-refractivity contribution is -0.117. The molecule has 3 amide bonds. The van der Waals surface area contributed by atoms with Crippen LogP contribution >= 0.6 is 11.8 Å². The Morgan fingerprint density at radius 3 is 2.29 bits per heavy atom. The van der Waals surface area contributed by atoms with E-state index in [1.807, 2.05) is 5.32 Å². The van der Waals surface area contributed by atoms with Gasteiger partial charge in [-0.1, -0.05) is 0 Å². The summed E-state index contributed by atoms with van der Waals surface area (Å²) in [5, 5.41) is 10.6. The summed E-state index contributed by atoms with van der Waals surface area (Å²) in [5.41, 5.74) is 4.95. The Bertz CT molecular complexity index is 444. The van der Waals surface area contributed by atoms with Gasteiger partial charge in [0.2, 0.25) is 5.91 Å². The molecular formula is C10H10N2O4S. The van der Waals surface area contributed by atoms with Gasteiger partial charge >= 0.3 is 12.0 Å². The normalized spacial score (nSPS) is 9.65. The van der Waals surface area contributed by atoms with Gasteiger partial charge in [-0.3, -0.25) is 10.1 Å². The minimum absolute atomic E-state index is 0.0371. The molecule has 0 saturated heterocycles. The van der Waals surface area contributed by atoms with Crippen LogP contribution in [0.2, 0.25) is 0 Å². The zero-order chi connectivity index (χ0) is 12.8. The second-order valence-corrected chi connectivity index (χ2v) is 4.08. The zero-order valence-electron chi connectivity index (χ0n) is 8.67. The topological polar surface area (TPSA) is 109 Å². The van der Waals surface area contributed by atoms with E-state index in [0.29, 0.717) is 0 Å². The van der Waals surface area contributed by atoms with Crippen molar-refractivity contribution in [1.82, 2.24) is 5.32 Å². The number of hydrogen-bond donors (Lipinski definition) is 3. The van der Waals surface area contributed by atoms with Crippen molar-refractivity contribution in [3.8, 4) is 0 Å². The number of nitrogens with one attached hydrogen (secondary N) is 1. The lowest BCUT2D eigenvalue weighted by Gasteiger charge is -2.02. The highest BCUT2D eigenvalue weighted by Gasteiger charge is 2.06. The Kier molecular flexibility index (Phi) is 4.53. The minimum atomic E-state index is -1.01. The summed E-state index contributed by atoms with van der Waals surface area (Å²) in [6.45, 7) is 0. The molecule has 0 aliphatic rings. The van der Waals surface area contributed by atoms with Gasteiger partial charge in [-0.15, -0.1) is 11.8 Å². The first-order valence-electron chi connectivity index (χ1n) is 4.54. The summed E-state index contributed by atoms with van der Waals surface area (Å²) >= 11 is 1.18. The first-order valence-corrected chi connectivity index (χ1v) is 5.53. The number of urea groups is 1. The molecule has 0 atom stereocenters. The highest BCUT2D eigenvalue weighted by molar-refractivity contribution is 8.00. The van der Waals surface area contributed by atoms with E-state index in [2.05, 4.69) is 0 Å². The monoisotopic (exact) mass is 254 g/mol. The zero-order valence-corrected chi connectivity index (χ0v) is 9.49. The third kappa shape index (κ3) is 4.56. The molecule has 0 bridgehead atoms. The van der Waals surface area contributed by atoms with Crippen LogP contribution in [0.15, 0.2) is 29.2 Å². The van der Waals surface area contributed by atoms with E-state index in [4.69, 9.17) is 10.8 Å². The molecule has 0 fully saturated rings. The SMILES string of the molecule is NC(=O)NC(=O)CSc1ccc(C(=O)O)cc1. The van der Waals surface area contributed by atoms with Gasteiger partial charge < -0.3 is 10.8 Å². The fourth-order valence-electron chi connectivity index (χ4n) is 1.02. The fourth-order valence-corrected chi connectivity index (χ4v) is 1.71. The highest BCUT2D eigenvalue weighted by Crippen LogP contribution is 2.18. The predicted octanol–water partition coefficient (Wildman–Crippen LogP) is 0.672. The number of carboxylic acids is 1. The summed E-state index contributed by atoms with van der Waals surface area (Å²) in [7, 11) is 0. The first-order chi connectivity index (χ1) is 7.99. The van der Waals surface area contributed by atoms with Crippen molar-refractivity contribution in [2.75, 3.05) is 5.75 Å². The van der Waals surface area contributed by atoms with Gasteiger partial charge in [-0.05, 0) is 24.3 Å². The molecule has 1 aromatic rings. The van der Waals surface area contributed by atoms with Crippen molar-refractivity contribution in [2.24, 2.45) is 5.73 Å². The van der Waals surface area contributed by atoms with Gasteiger partial charge in [0.25, 0.3) is 0 Å². The maximum atomic E-state index is 11.1. The lowest BCUT2D eigenvalue weighted by Crippen LogP contribution is -2.36. The summed E-state index contributed by atoms with van der Waals surface area (Å²) in [5.74, 6) is -1.46. The van der Waals surface area contributed by atoms with Gasteiger partial charge in [-0.2, -0.15) is 0 Å². The number of nitrogens with two attached hydrogens (primary N) is 1. The number of hydrogen-bond acceptors (Lipinski definition) is 4. The maximum absolute atomic E-state index is 11.1. The van der Waals surface area contributed by atoms with E-state index < -0.39 is 17.9 Å². The predicted molar refractivity (Wildman–Crippen MR) is 61.9 cm³/mol. The molecule has 90 valence electrons. The second kappa shape index (κ2) is 5.90. The largest absolute Gasteiger partial charge is 0.478 e. The van der Waals surface area contributed by atoms with Gasteiger partial charge in [0.05, 0.1) is 11.3 Å². The van der Waals surface area contributed by atoms with Crippen molar-refractivity contribution in [1.29, 1.82) is 0 Å². The number of amides is 3. The van der Waals surface area contributed by atoms with Gasteiger partial charge in [-0.25, -0.2) is 9.59 Å². The number of carboxylic acid groups (broad SMARTS) is 1. The molecule has 0 heterocycles. The van der Waals surface area contributed by atoms with Crippen LogP contribution in [0.1, 0.15) is 10.4 Å². The third-order valence-corrected chi connectivity index (χ3v) is 2.75. The van der Waals surface area contributed by atoms with Crippen molar-refractivity contribution in [3.05, 3.63) is 29.8 Å². The highest BCUT2D eigenvalue weighted by atomic mass is 32.2. The van der Waals surface area contributed by atoms with Gasteiger partial charge in [0.1, 0.15) is 0 Å². The molecule has 4 N–H and O–H groups in total. The molecule has 17 heavy (non-hydrogen) atoms. The Morgan fingerprint density at radius 1 is 1.24 bits per heavy atom. The average molecular weight is 254 g/mol. The van der Waals surface area contributed by atoms with Gasteiger partial charge in [0.15, 0.2) is 0 Å². The first kappa shape index (κ1) is 13.0. The number of aromatic carboxylic acids is 1.